The van der Waals surface area contributed by atoms with Crippen LogP contribution in [0.2, 0.25) is 0 Å². The smallest absolute Gasteiger partial charge is 0.501 e. The van der Waals surface area contributed by atoms with Gasteiger partial charge in [0, 0.05) is 93.2 Å². The third-order valence-corrected chi connectivity index (χ3v) is 15.8. The number of rotatable bonds is 8. The second kappa shape index (κ2) is 40.7. The van der Waals surface area contributed by atoms with Gasteiger partial charge in [0.15, 0.2) is 0 Å². The van der Waals surface area contributed by atoms with Crippen LogP contribution in [0.15, 0.2) is 295 Å². The van der Waals surface area contributed by atoms with E-state index in [0.717, 1.165) is 126 Å². The molecule has 0 saturated heterocycles. The van der Waals surface area contributed by atoms with Crippen LogP contribution in [0.3, 0.4) is 0 Å². The Morgan fingerprint density at radius 2 is 0.657 bits per heavy atom. The molecule has 10 nitrogen and oxygen atoms in total. The Morgan fingerprint density at radius 3 is 1.02 bits per heavy atom. The number of hydrogen-bond acceptors (Lipinski definition) is 10. The molecule has 0 saturated carbocycles. The van der Waals surface area contributed by atoms with E-state index in [4.69, 9.17) is 19.0 Å². The van der Waals surface area contributed by atoms with Crippen LogP contribution in [0.5, 0.6) is 0 Å². The molecular formula is C90H81Ir2N6O4-2. The first-order valence-electron chi connectivity index (χ1n) is 33.1. The number of para-hydroxylation sites is 3. The zero-order valence-corrected chi connectivity index (χ0v) is 63.6. The molecule has 8 aromatic carbocycles. The van der Waals surface area contributed by atoms with Crippen molar-refractivity contribution in [3.63, 3.8) is 0 Å². The maximum atomic E-state index is 7.00. The number of hydrogen-bond donors (Lipinski definition) is 2. The van der Waals surface area contributed by atoms with Gasteiger partial charge < -0.3 is 44.0 Å². The molecule has 0 fully saturated rings. The van der Waals surface area contributed by atoms with Crippen LogP contribution < -0.4 is 0 Å². The Hall–Kier alpha value is -10.5. The van der Waals surface area contributed by atoms with Crippen molar-refractivity contribution in [1.29, 1.82) is 0 Å². The van der Waals surface area contributed by atoms with Crippen molar-refractivity contribution < 1.29 is 59.3 Å². The molecular weight excluding hydrogens is 1610 g/mol. The van der Waals surface area contributed by atoms with Crippen LogP contribution in [0.25, 0.3) is 111 Å². The molecule has 2 N–H and O–H groups in total. The second-order valence-corrected chi connectivity index (χ2v) is 23.7. The molecule has 1 radical (unpaired) electrons. The van der Waals surface area contributed by atoms with Gasteiger partial charge in [-0.05, 0) is 132 Å². The average Bonchev–Trinajstić information content (AvgIpc) is 1.62. The van der Waals surface area contributed by atoms with E-state index in [1.165, 1.54) is 33.4 Å². The minimum Gasteiger partial charge on any atom is -0.501 e. The van der Waals surface area contributed by atoms with Gasteiger partial charge in [0.25, 0.3) is 0 Å². The van der Waals surface area contributed by atoms with Gasteiger partial charge in [-0.1, -0.05) is 147 Å². The minimum absolute atomic E-state index is 0. The van der Waals surface area contributed by atoms with Crippen LogP contribution in [0.1, 0.15) is 72.9 Å². The summed E-state index contributed by atoms with van der Waals surface area (Å²) < 4.78 is 12.2. The fraction of sp³-hybridized carbons (Fsp3) is 0.133. The summed E-state index contributed by atoms with van der Waals surface area (Å²) in [4.78, 5) is 26.3. The topological polar surface area (TPSA) is 144 Å². The molecule has 0 unspecified atom stereocenters. The van der Waals surface area contributed by atoms with Gasteiger partial charge in [-0.2, -0.15) is 0 Å². The number of benzene rings is 8. The Balaban J connectivity index is 0.000000172. The van der Waals surface area contributed by atoms with Crippen molar-refractivity contribution in [2.75, 3.05) is 14.2 Å². The van der Waals surface area contributed by atoms with Gasteiger partial charge in [-0.3, -0.25) is 4.98 Å². The molecule has 12 heteroatoms. The van der Waals surface area contributed by atoms with E-state index in [0.29, 0.717) is 11.8 Å². The van der Waals surface area contributed by atoms with E-state index in [2.05, 4.69) is 173 Å². The van der Waals surface area contributed by atoms with Crippen LogP contribution in [-0.4, -0.2) is 54.3 Å². The Kier molecular flexibility index (Phi) is 31.4. The molecule has 515 valence electrons. The summed E-state index contributed by atoms with van der Waals surface area (Å²) >= 11 is 0. The second-order valence-electron chi connectivity index (χ2n) is 23.7. The van der Waals surface area contributed by atoms with Gasteiger partial charge >= 0.3 is 20.1 Å². The van der Waals surface area contributed by atoms with Crippen molar-refractivity contribution in [2.24, 2.45) is 0 Å². The summed E-state index contributed by atoms with van der Waals surface area (Å²) in [5.41, 5.74) is 22.8. The van der Waals surface area contributed by atoms with Crippen molar-refractivity contribution in [1.82, 2.24) is 29.9 Å². The van der Waals surface area contributed by atoms with Gasteiger partial charge in [-0.15, -0.1) is 162 Å². The number of aryl methyl sites for hydroxylation is 4. The van der Waals surface area contributed by atoms with E-state index in [1.807, 2.05) is 229 Å². The first kappa shape index (κ1) is 78.8. The summed E-state index contributed by atoms with van der Waals surface area (Å²) in [6.45, 7) is 16.9. The maximum Gasteiger partial charge on any atom is 3.00 e. The number of aromatic nitrogens is 6. The van der Waals surface area contributed by atoms with E-state index in [1.54, 1.807) is 0 Å². The fourth-order valence-corrected chi connectivity index (χ4v) is 10.4. The van der Waals surface area contributed by atoms with Crippen LogP contribution >= 0.6 is 0 Å². The molecule has 0 aliphatic rings. The monoisotopic (exact) mass is 1700 g/mol. The normalized spacial score (nSPS) is 10.2. The van der Waals surface area contributed by atoms with E-state index in [9.17, 15) is 0 Å². The number of nitrogens with zero attached hydrogens (tertiary/aromatic N) is 6. The van der Waals surface area contributed by atoms with Crippen LogP contribution in [0, 0.1) is 58.0 Å². The Bertz CT molecular complexity index is 4590. The standard InChI is InChI=1S/C20H17NO.C20H16NO.4C12H10N.2CH4O.2Ir/c2*1-13(2)14-10-11-21-18(12-14)17-8-5-7-16-15-6-3-4-9-19(15)22-20(16)17;4*1-10-7-8-12(13-9-10)11-5-3-2-4-6-11;2*1-2;;/h3-13H,1-2H3;3-7,9-13H,1-2H3;4*2-5,7-9H,1H3;2*2H,1H3;;/q;5*-1;;;;+3. The average molecular weight is 1700 g/mol. The van der Waals surface area contributed by atoms with E-state index in [-0.39, 0.29) is 40.2 Å². The fourth-order valence-electron chi connectivity index (χ4n) is 10.4. The van der Waals surface area contributed by atoms with Crippen LogP contribution in [0.4, 0.5) is 0 Å². The maximum absolute atomic E-state index is 7.00. The van der Waals surface area contributed by atoms with E-state index >= 15 is 0 Å². The quantitative estimate of drug-likeness (QED) is 0.141. The van der Waals surface area contributed by atoms with Crippen LogP contribution in [-0.2, 0) is 40.2 Å². The number of furan rings is 2. The SMILES string of the molecule is CC(C)c1ccnc(-c2[c-]ccc3c2oc2ccccc23)c1.CC(C)c1ccnc(-c2cccc3c2oc2ccccc23)c1.CO.CO.Cc1ccc(-c2[c-]cccc2)nc1.Cc1ccc(-c2[c-]cccc2)nc1.Cc1ccc(-c2[c-]cccc2)nc1.Cc1ccc(-c2[c-]cccc2)nc1.[Ir+3].[Ir]. The minimum atomic E-state index is 0. The van der Waals surface area contributed by atoms with Gasteiger partial charge in [-0.25, -0.2) is 0 Å². The molecule has 8 aromatic heterocycles. The molecule has 0 bridgehead atoms. The number of fused-ring (bicyclic) bond motifs is 6. The number of aliphatic hydroxyl groups is 2. The molecule has 0 spiro atoms. The zero-order valence-electron chi connectivity index (χ0n) is 58.9. The predicted molar refractivity (Wildman–Crippen MR) is 410 cm³/mol. The molecule has 16 rings (SSSR count). The van der Waals surface area contributed by atoms with Crippen molar-refractivity contribution >= 4 is 43.9 Å². The van der Waals surface area contributed by atoms with Crippen molar-refractivity contribution in [3.8, 4) is 67.5 Å². The molecule has 102 heavy (non-hydrogen) atoms. The molecule has 16 aromatic rings. The van der Waals surface area contributed by atoms with Gasteiger partial charge in [0.2, 0.25) is 0 Å². The number of aliphatic hydroxyl groups excluding tert-OH is 2. The third kappa shape index (κ3) is 21.7. The van der Waals surface area contributed by atoms with Crippen molar-refractivity contribution in [2.45, 2.75) is 67.2 Å². The summed E-state index contributed by atoms with van der Waals surface area (Å²) in [6, 6.07) is 98.6. The summed E-state index contributed by atoms with van der Waals surface area (Å²) in [7, 11) is 2.00. The zero-order chi connectivity index (χ0) is 70.6. The Morgan fingerprint density at radius 1 is 0.314 bits per heavy atom. The van der Waals surface area contributed by atoms with E-state index < -0.39 is 0 Å². The molecule has 0 atom stereocenters. The summed E-state index contributed by atoms with van der Waals surface area (Å²) in [5, 5.41) is 18.5. The largest absolute Gasteiger partial charge is 3.00 e. The Labute approximate surface area is 627 Å². The van der Waals surface area contributed by atoms with Gasteiger partial charge in [0.05, 0.1) is 11.3 Å². The third-order valence-electron chi connectivity index (χ3n) is 15.8. The first-order valence-corrected chi connectivity index (χ1v) is 33.1. The summed E-state index contributed by atoms with van der Waals surface area (Å²) in [6.07, 6.45) is 11.2. The predicted octanol–water partition coefficient (Wildman–Crippen LogP) is 22.0. The summed E-state index contributed by atoms with van der Waals surface area (Å²) in [5.74, 6) is 0.952. The van der Waals surface area contributed by atoms with Crippen molar-refractivity contribution in [3.05, 3.63) is 350 Å². The molecule has 8 heterocycles. The molecule has 0 amide bonds. The van der Waals surface area contributed by atoms with Gasteiger partial charge in [0.1, 0.15) is 16.7 Å². The molecule has 0 aliphatic heterocycles. The number of pyridine rings is 6. The first-order chi connectivity index (χ1) is 48.9. The molecule has 0 aliphatic carbocycles.